The van der Waals surface area contributed by atoms with Crippen molar-refractivity contribution in [1.29, 1.82) is 0 Å². The number of allylic oxidation sites excluding steroid dienone is 5. The SMILES string of the molecule is C=C1C(=CC=C2CCC[C@]3(C)[C@@H]([C@H](C)C=CCP(=O)(c4ccccc4)c4ccccc4)CC[C@@H]23)C[C@@H](O)C[C@@H]1O. The summed E-state index contributed by atoms with van der Waals surface area (Å²) >= 11 is 0. The smallest absolute Gasteiger partial charge is 0.146 e. The van der Waals surface area contributed by atoms with E-state index in [1.54, 1.807) is 0 Å². The third-order valence-corrected chi connectivity index (χ3v) is 13.1. The minimum absolute atomic E-state index is 0.248. The highest BCUT2D eigenvalue weighted by molar-refractivity contribution is 7.78. The van der Waals surface area contributed by atoms with Gasteiger partial charge in [0.2, 0.25) is 0 Å². The Bertz CT molecular complexity index is 1280. The summed E-state index contributed by atoms with van der Waals surface area (Å²) in [6.45, 7) is 8.93. The van der Waals surface area contributed by atoms with Gasteiger partial charge < -0.3 is 14.8 Å². The van der Waals surface area contributed by atoms with Crippen molar-refractivity contribution in [3.05, 3.63) is 108 Å². The van der Waals surface area contributed by atoms with Gasteiger partial charge in [0.05, 0.1) is 12.2 Å². The van der Waals surface area contributed by atoms with Gasteiger partial charge in [-0.1, -0.05) is 111 Å². The summed E-state index contributed by atoms with van der Waals surface area (Å²) in [6, 6.07) is 19.9. The van der Waals surface area contributed by atoms with Gasteiger partial charge >= 0.3 is 0 Å². The number of hydrogen-bond acceptors (Lipinski definition) is 3. The summed E-state index contributed by atoms with van der Waals surface area (Å²) in [5.74, 6) is 1.56. The quantitative estimate of drug-likeness (QED) is 0.277. The summed E-state index contributed by atoms with van der Waals surface area (Å²) < 4.78 is 14.4. The van der Waals surface area contributed by atoms with Gasteiger partial charge in [-0.25, -0.2) is 0 Å². The topological polar surface area (TPSA) is 57.5 Å². The second kappa shape index (κ2) is 12.2. The van der Waals surface area contributed by atoms with Crippen molar-refractivity contribution < 1.29 is 14.8 Å². The molecule has 2 aromatic rings. The fourth-order valence-electron chi connectivity index (χ4n) is 7.86. The first kappa shape index (κ1) is 29.1. The van der Waals surface area contributed by atoms with Gasteiger partial charge in [-0.15, -0.1) is 0 Å². The van der Waals surface area contributed by atoms with Gasteiger partial charge in [0.25, 0.3) is 0 Å². The number of rotatable bonds is 7. The van der Waals surface area contributed by atoms with Crippen LogP contribution in [0.15, 0.2) is 108 Å². The molecule has 2 aromatic carbocycles. The average molecular weight is 557 g/mol. The maximum atomic E-state index is 14.4. The highest BCUT2D eigenvalue weighted by Crippen LogP contribution is 2.59. The fraction of sp³-hybridized carbons (Fsp3) is 0.444. The van der Waals surface area contributed by atoms with Crippen molar-refractivity contribution in [2.45, 2.75) is 71.0 Å². The van der Waals surface area contributed by atoms with E-state index in [4.69, 9.17) is 0 Å². The van der Waals surface area contributed by atoms with Crippen LogP contribution >= 0.6 is 7.14 Å². The van der Waals surface area contributed by atoms with Gasteiger partial charge in [0.15, 0.2) is 0 Å². The van der Waals surface area contributed by atoms with Crippen molar-refractivity contribution >= 4 is 17.8 Å². The monoisotopic (exact) mass is 556 g/mol. The highest BCUT2D eigenvalue weighted by Gasteiger charge is 2.50. The van der Waals surface area contributed by atoms with Gasteiger partial charge in [0.1, 0.15) is 7.14 Å². The predicted octanol–water partition coefficient (Wildman–Crippen LogP) is 7.33. The molecule has 3 nitrogen and oxygen atoms in total. The molecular weight excluding hydrogens is 511 g/mol. The molecule has 5 rings (SSSR count). The molecule has 6 atom stereocenters. The molecule has 3 aliphatic carbocycles. The first-order valence-electron chi connectivity index (χ1n) is 15.0. The zero-order valence-electron chi connectivity index (χ0n) is 24.1. The second-order valence-electron chi connectivity index (χ2n) is 12.5. The molecule has 0 heterocycles. The maximum Gasteiger partial charge on any atom is 0.146 e. The minimum Gasteiger partial charge on any atom is -0.393 e. The Labute approximate surface area is 240 Å². The molecule has 3 fully saturated rings. The van der Waals surface area contributed by atoms with E-state index < -0.39 is 19.3 Å². The van der Waals surface area contributed by atoms with Crippen molar-refractivity contribution in [3.63, 3.8) is 0 Å². The lowest BCUT2D eigenvalue weighted by atomic mass is 9.61. The van der Waals surface area contributed by atoms with Crippen LogP contribution in [0.3, 0.4) is 0 Å². The number of fused-ring (bicyclic) bond motifs is 1. The molecular formula is C36H45O3P. The van der Waals surface area contributed by atoms with Crippen LogP contribution in [0, 0.1) is 23.2 Å². The Morgan fingerprint density at radius 1 is 1.02 bits per heavy atom. The van der Waals surface area contributed by atoms with Crippen LogP contribution in [0.2, 0.25) is 0 Å². The molecule has 0 unspecified atom stereocenters. The molecule has 40 heavy (non-hydrogen) atoms. The molecule has 0 saturated heterocycles. The molecule has 0 aliphatic heterocycles. The van der Waals surface area contributed by atoms with E-state index in [0.29, 0.717) is 36.8 Å². The van der Waals surface area contributed by atoms with Crippen LogP contribution in [-0.4, -0.2) is 28.6 Å². The lowest BCUT2D eigenvalue weighted by Crippen LogP contribution is -2.35. The molecule has 3 saturated carbocycles. The molecule has 3 aliphatic rings. The molecule has 4 heteroatoms. The maximum absolute atomic E-state index is 14.4. The van der Waals surface area contributed by atoms with Gasteiger partial charge in [-0.2, -0.15) is 0 Å². The van der Waals surface area contributed by atoms with Crippen molar-refractivity contribution in [1.82, 2.24) is 0 Å². The largest absolute Gasteiger partial charge is 0.393 e. The highest BCUT2D eigenvalue weighted by atomic mass is 31.2. The standard InChI is InChI=1S/C36H45O3P/c1-26(12-11-23-40(39,31-14-6-4-7-15-31)32-16-8-5-9-17-32)33-20-21-34-28(13-10-22-36(33,34)3)18-19-29-24-30(37)25-35(38)27(29)2/h4-9,11-12,14-19,26,30,33-35,37-38H,2,10,13,20-25H2,1,3H3/t26-,30-,33-,34+,35+,36-/m1/s1. The average Bonchev–Trinajstić information content (AvgIpc) is 3.32. The Kier molecular flexibility index (Phi) is 8.86. The van der Waals surface area contributed by atoms with Crippen molar-refractivity contribution in [2.24, 2.45) is 23.2 Å². The molecule has 0 bridgehead atoms. The lowest BCUT2D eigenvalue weighted by Gasteiger charge is -2.44. The molecule has 0 aromatic heterocycles. The van der Waals surface area contributed by atoms with E-state index in [2.05, 4.69) is 44.7 Å². The molecule has 0 radical (unpaired) electrons. The number of aliphatic hydroxyl groups excluding tert-OH is 2. The van der Waals surface area contributed by atoms with Crippen LogP contribution in [0.1, 0.15) is 58.8 Å². The van der Waals surface area contributed by atoms with Gasteiger partial charge in [-0.3, -0.25) is 0 Å². The van der Waals surface area contributed by atoms with E-state index in [9.17, 15) is 14.8 Å². The van der Waals surface area contributed by atoms with E-state index in [0.717, 1.165) is 28.2 Å². The summed E-state index contributed by atoms with van der Waals surface area (Å²) in [5.41, 5.74) is 3.50. The van der Waals surface area contributed by atoms with Crippen molar-refractivity contribution in [3.8, 4) is 0 Å². The molecule has 0 amide bonds. The lowest BCUT2D eigenvalue weighted by molar-refractivity contribution is 0.0862. The Hall–Kier alpha value is -2.45. The molecule has 0 spiro atoms. The van der Waals surface area contributed by atoms with E-state index in [1.165, 1.54) is 31.3 Å². The number of aliphatic hydroxyl groups is 2. The Morgan fingerprint density at radius 3 is 2.33 bits per heavy atom. The fourth-order valence-corrected chi connectivity index (χ4v) is 10.3. The van der Waals surface area contributed by atoms with Crippen LogP contribution in [0.25, 0.3) is 0 Å². The minimum atomic E-state index is -2.75. The number of benzene rings is 2. The summed E-state index contributed by atoms with van der Waals surface area (Å²) in [4.78, 5) is 0. The molecule has 212 valence electrons. The predicted molar refractivity (Wildman–Crippen MR) is 168 cm³/mol. The van der Waals surface area contributed by atoms with Crippen LogP contribution in [-0.2, 0) is 4.57 Å². The van der Waals surface area contributed by atoms with E-state index >= 15 is 0 Å². The van der Waals surface area contributed by atoms with Gasteiger partial charge in [-0.05, 0) is 72.8 Å². The zero-order valence-corrected chi connectivity index (χ0v) is 25.0. The summed E-state index contributed by atoms with van der Waals surface area (Å²) in [5, 5.41) is 22.2. The van der Waals surface area contributed by atoms with E-state index in [-0.39, 0.29) is 5.41 Å². The van der Waals surface area contributed by atoms with E-state index in [1.807, 2.05) is 60.7 Å². The summed E-state index contributed by atoms with van der Waals surface area (Å²) in [7, 11) is -2.75. The second-order valence-corrected chi connectivity index (χ2v) is 15.4. The number of hydrogen-bond donors (Lipinski definition) is 2. The third-order valence-electron chi connectivity index (χ3n) is 10.1. The Balaban J connectivity index is 1.32. The van der Waals surface area contributed by atoms with Crippen molar-refractivity contribution in [2.75, 3.05) is 6.16 Å². The third kappa shape index (κ3) is 5.80. The van der Waals surface area contributed by atoms with Crippen LogP contribution in [0.5, 0.6) is 0 Å². The van der Waals surface area contributed by atoms with Crippen LogP contribution in [0.4, 0.5) is 0 Å². The summed E-state index contributed by atoms with van der Waals surface area (Å²) in [6.07, 6.45) is 15.3. The van der Waals surface area contributed by atoms with Gasteiger partial charge in [0, 0.05) is 23.2 Å². The van der Waals surface area contributed by atoms with Crippen LogP contribution < -0.4 is 10.6 Å². The molecule has 2 N–H and O–H groups in total. The zero-order chi connectivity index (χ0) is 28.3. The Morgan fingerprint density at radius 2 is 1.68 bits per heavy atom. The first-order chi connectivity index (χ1) is 19.2. The first-order valence-corrected chi connectivity index (χ1v) is 16.9. The normalized spacial score (nSPS) is 32.0.